The van der Waals surface area contributed by atoms with E-state index in [9.17, 15) is 15.0 Å². The molecule has 110 valence electrons. The average molecular weight is 288 g/mol. The van der Waals surface area contributed by atoms with E-state index in [2.05, 4.69) is 0 Å². The van der Waals surface area contributed by atoms with Crippen LogP contribution in [-0.2, 0) is 0 Å². The van der Waals surface area contributed by atoms with Gasteiger partial charge in [0, 0.05) is 12.1 Å². The Kier molecular flexibility index (Phi) is 4.03. The molecule has 2 aromatic rings. The van der Waals surface area contributed by atoms with E-state index in [-0.39, 0.29) is 17.1 Å². The molecule has 2 aromatic carbocycles. The third kappa shape index (κ3) is 3.25. The van der Waals surface area contributed by atoms with Crippen LogP contribution in [-0.4, -0.2) is 23.3 Å². The van der Waals surface area contributed by atoms with Gasteiger partial charge >= 0.3 is 5.97 Å². The maximum absolute atomic E-state index is 12.2. The first-order valence-electron chi connectivity index (χ1n) is 6.31. The van der Waals surface area contributed by atoms with Crippen LogP contribution in [0.5, 0.6) is 23.0 Å². The molecule has 0 fully saturated rings. The summed E-state index contributed by atoms with van der Waals surface area (Å²) in [6, 6.07) is 7.55. The lowest BCUT2D eigenvalue weighted by Crippen LogP contribution is -2.10. The third-order valence-electron chi connectivity index (χ3n) is 2.97. The first-order valence-corrected chi connectivity index (χ1v) is 6.31. The standard InChI is InChI=1S/C16H16O5/c1-9-4-12(20-3)8-13(5-9)21-16(19)15-10(2)6-11(17)7-14(15)18/h4-8,17-18H,1-3H3. The number of esters is 1. The highest BCUT2D eigenvalue weighted by atomic mass is 16.5. The van der Waals surface area contributed by atoms with E-state index in [1.807, 2.05) is 6.92 Å². The van der Waals surface area contributed by atoms with Gasteiger partial charge in [-0.1, -0.05) is 0 Å². The van der Waals surface area contributed by atoms with E-state index in [0.717, 1.165) is 11.6 Å². The Hall–Kier alpha value is -2.69. The van der Waals surface area contributed by atoms with Crippen molar-refractivity contribution in [1.82, 2.24) is 0 Å². The van der Waals surface area contributed by atoms with E-state index in [0.29, 0.717) is 17.1 Å². The van der Waals surface area contributed by atoms with Crippen molar-refractivity contribution >= 4 is 5.97 Å². The van der Waals surface area contributed by atoms with Gasteiger partial charge < -0.3 is 19.7 Å². The van der Waals surface area contributed by atoms with E-state index in [1.165, 1.54) is 13.2 Å². The Morgan fingerprint density at radius 1 is 1.00 bits per heavy atom. The summed E-state index contributed by atoms with van der Waals surface area (Å²) in [7, 11) is 1.52. The van der Waals surface area contributed by atoms with Crippen LogP contribution >= 0.6 is 0 Å². The number of phenolic OH excluding ortho intramolecular Hbond substituents is 2. The maximum atomic E-state index is 12.2. The van der Waals surface area contributed by atoms with Crippen molar-refractivity contribution in [2.75, 3.05) is 7.11 Å². The van der Waals surface area contributed by atoms with Crippen LogP contribution in [0, 0.1) is 13.8 Å². The lowest BCUT2D eigenvalue weighted by molar-refractivity contribution is 0.0730. The van der Waals surface area contributed by atoms with Crippen LogP contribution in [0.3, 0.4) is 0 Å². The normalized spacial score (nSPS) is 10.2. The van der Waals surface area contributed by atoms with Gasteiger partial charge in [0.05, 0.1) is 7.11 Å². The molecule has 0 atom stereocenters. The molecule has 2 rings (SSSR count). The van der Waals surface area contributed by atoms with Gasteiger partial charge in [-0.15, -0.1) is 0 Å². The minimum absolute atomic E-state index is 0.0215. The molecule has 0 aliphatic heterocycles. The highest BCUT2D eigenvalue weighted by molar-refractivity contribution is 5.95. The van der Waals surface area contributed by atoms with Crippen LogP contribution in [0.15, 0.2) is 30.3 Å². The Morgan fingerprint density at radius 3 is 2.29 bits per heavy atom. The predicted octanol–water partition coefficient (Wildman–Crippen LogP) is 2.94. The number of phenols is 2. The average Bonchev–Trinajstić information content (AvgIpc) is 2.36. The van der Waals surface area contributed by atoms with Crippen molar-refractivity contribution in [2.24, 2.45) is 0 Å². The molecule has 5 nitrogen and oxygen atoms in total. The van der Waals surface area contributed by atoms with Crippen LogP contribution in [0.2, 0.25) is 0 Å². The van der Waals surface area contributed by atoms with Gasteiger partial charge in [-0.25, -0.2) is 4.79 Å². The molecule has 0 unspecified atom stereocenters. The summed E-state index contributed by atoms with van der Waals surface area (Å²) in [5, 5.41) is 19.2. The number of rotatable bonds is 3. The van der Waals surface area contributed by atoms with E-state index < -0.39 is 5.97 Å². The first-order chi connectivity index (χ1) is 9.90. The van der Waals surface area contributed by atoms with Gasteiger partial charge in [0.25, 0.3) is 0 Å². The molecular weight excluding hydrogens is 272 g/mol. The summed E-state index contributed by atoms with van der Waals surface area (Å²) in [6.07, 6.45) is 0. The smallest absolute Gasteiger partial charge is 0.347 e. The molecular formula is C16H16O5. The van der Waals surface area contributed by atoms with Crippen LogP contribution in [0.4, 0.5) is 0 Å². The largest absolute Gasteiger partial charge is 0.508 e. The van der Waals surface area contributed by atoms with E-state index >= 15 is 0 Å². The van der Waals surface area contributed by atoms with E-state index in [1.54, 1.807) is 25.1 Å². The number of aromatic hydroxyl groups is 2. The number of methoxy groups -OCH3 is 1. The fourth-order valence-corrected chi connectivity index (χ4v) is 2.06. The van der Waals surface area contributed by atoms with Crippen LogP contribution in [0.1, 0.15) is 21.5 Å². The number of ether oxygens (including phenoxy) is 2. The fraction of sp³-hybridized carbons (Fsp3) is 0.188. The molecule has 0 spiro atoms. The second kappa shape index (κ2) is 5.75. The van der Waals surface area contributed by atoms with Crippen molar-refractivity contribution in [3.63, 3.8) is 0 Å². The molecule has 0 aromatic heterocycles. The molecule has 0 bridgehead atoms. The lowest BCUT2D eigenvalue weighted by Gasteiger charge is -2.10. The van der Waals surface area contributed by atoms with Gasteiger partial charge in [0.1, 0.15) is 28.6 Å². The molecule has 2 N–H and O–H groups in total. The van der Waals surface area contributed by atoms with Crippen molar-refractivity contribution in [1.29, 1.82) is 0 Å². The number of aryl methyl sites for hydroxylation is 2. The Labute approximate surface area is 122 Å². The second-order valence-electron chi connectivity index (χ2n) is 4.73. The van der Waals surface area contributed by atoms with Crippen LogP contribution < -0.4 is 9.47 Å². The Balaban J connectivity index is 2.32. The zero-order chi connectivity index (χ0) is 15.6. The molecule has 0 aliphatic rings. The molecule has 0 heterocycles. The minimum Gasteiger partial charge on any atom is -0.508 e. The third-order valence-corrected chi connectivity index (χ3v) is 2.97. The Bertz CT molecular complexity index is 668. The van der Waals surface area contributed by atoms with Crippen LogP contribution in [0.25, 0.3) is 0 Å². The summed E-state index contributed by atoms with van der Waals surface area (Å²) < 4.78 is 10.4. The first kappa shape index (κ1) is 14.7. The van der Waals surface area contributed by atoms with Gasteiger partial charge in [0.2, 0.25) is 0 Å². The van der Waals surface area contributed by atoms with Crippen molar-refractivity contribution in [3.8, 4) is 23.0 Å². The minimum atomic E-state index is -0.697. The topological polar surface area (TPSA) is 76.0 Å². The second-order valence-corrected chi connectivity index (χ2v) is 4.73. The van der Waals surface area contributed by atoms with E-state index in [4.69, 9.17) is 9.47 Å². The van der Waals surface area contributed by atoms with Crippen molar-refractivity contribution in [2.45, 2.75) is 13.8 Å². The van der Waals surface area contributed by atoms with Gasteiger partial charge in [-0.2, -0.15) is 0 Å². The highest BCUT2D eigenvalue weighted by Crippen LogP contribution is 2.29. The summed E-state index contributed by atoms with van der Waals surface area (Å²) in [5.74, 6) is -0.235. The summed E-state index contributed by atoms with van der Waals surface area (Å²) in [4.78, 5) is 12.2. The SMILES string of the molecule is COc1cc(C)cc(OC(=O)c2c(C)cc(O)cc2O)c1. The maximum Gasteiger partial charge on any atom is 0.347 e. The molecule has 0 aliphatic carbocycles. The van der Waals surface area contributed by atoms with Gasteiger partial charge in [0.15, 0.2) is 0 Å². The molecule has 0 radical (unpaired) electrons. The van der Waals surface area contributed by atoms with Gasteiger partial charge in [-0.05, 0) is 43.2 Å². The Morgan fingerprint density at radius 2 is 1.67 bits per heavy atom. The molecule has 21 heavy (non-hydrogen) atoms. The summed E-state index contributed by atoms with van der Waals surface area (Å²) in [5.41, 5.74) is 1.33. The number of hydrogen-bond donors (Lipinski definition) is 2. The molecule has 5 heteroatoms. The number of hydrogen-bond acceptors (Lipinski definition) is 5. The summed E-state index contributed by atoms with van der Waals surface area (Å²) in [6.45, 7) is 3.45. The van der Waals surface area contributed by atoms with Crippen molar-refractivity contribution < 1.29 is 24.5 Å². The zero-order valence-electron chi connectivity index (χ0n) is 12.0. The van der Waals surface area contributed by atoms with Gasteiger partial charge in [-0.3, -0.25) is 0 Å². The molecule has 0 saturated heterocycles. The molecule has 0 amide bonds. The van der Waals surface area contributed by atoms with Crippen molar-refractivity contribution in [3.05, 3.63) is 47.0 Å². The number of benzene rings is 2. The number of carbonyl (C=O) groups excluding carboxylic acids is 1. The zero-order valence-corrected chi connectivity index (χ0v) is 12.0. The fourth-order valence-electron chi connectivity index (χ4n) is 2.06. The summed E-state index contributed by atoms with van der Waals surface area (Å²) >= 11 is 0. The quantitative estimate of drug-likeness (QED) is 0.671. The molecule has 0 saturated carbocycles. The highest BCUT2D eigenvalue weighted by Gasteiger charge is 2.18. The lowest BCUT2D eigenvalue weighted by atomic mass is 10.1. The predicted molar refractivity (Wildman–Crippen MR) is 77.2 cm³/mol. The number of carbonyl (C=O) groups is 1. The monoisotopic (exact) mass is 288 g/mol.